The van der Waals surface area contributed by atoms with Crippen molar-refractivity contribution in [2.24, 2.45) is 10.7 Å². The standard InChI is InChI=1S/C18H19FN4O2/c1-12(19)25-15-9-5-8-14-11-23(18(20)21-17(14)15)22-16(24)10-13-6-3-2-4-7-13/h2-9,12H,10-11H2,1H3,(H2,20,21)(H,22,24). The van der Waals surface area contributed by atoms with E-state index in [0.29, 0.717) is 18.0 Å². The Morgan fingerprint density at radius 3 is 2.80 bits per heavy atom. The van der Waals surface area contributed by atoms with E-state index in [-0.39, 0.29) is 18.3 Å². The topological polar surface area (TPSA) is 80.0 Å². The molecule has 1 amide bonds. The number of alkyl halides is 1. The second-order valence-electron chi connectivity index (χ2n) is 5.68. The quantitative estimate of drug-likeness (QED) is 0.874. The molecule has 3 rings (SSSR count). The molecule has 0 aromatic heterocycles. The van der Waals surface area contributed by atoms with Crippen LogP contribution in [0, 0.1) is 0 Å². The first kappa shape index (κ1) is 16.8. The number of ether oxygens (including phenoxy) is 1. The Labute approximate surface area is 145 Å². The molecule has 0 fully saturated rings. The van der Waals surface area contributed by atoms with Crippen molar-refractivity contribution in [2.75, 3.05) is 0 Å². The first-order valence-corrected chi connectivity index (χ1v) is 7.90. The molecule has 0 bridgehead atoms. The van der Waals surface area contributed by atoms with E-state index in [1.54, 1.807) is 12.1 Å². The highest BCUT2D eigenvalue weighted by atomic mass is 19.1. The summed E-state index contributed by atoms with van der Waals surface area (Å²) >= 11 is 0. The first-order chi connectivity index (χ1) is 12.0. The SMILES string of the molecule is CC(F)Oc1cccc2c1N=C(N)N(NC(=O)Cc1ccccc1)C2. The zero-order valence-corrected chi connectivity index (χ0v) is 13.8. The minimum atomic E-state index is -1.45. The average molecular weight is 342 g/mol. The van der Waals surface area contributed by atoms with Crippen molar-refractivity contribution in [2.45, 2.75) is 26.2 Å². The molecule has 2 aromatic rings. The van der Waals surface area contributed by atoms with Gasteiger partial charge in [0.2, 0.25) is 18.2 Å². The second-order valence-corrected chi connectivity index (χ2v) is 5.68. The van der Waals surface area contributed by atoms with E-state index < -0.39 is 6.36 Å². The van der Waals surface area contributed by atoms with E-state index in [1.807, 2.05) is 36.4 Å². The molecular weight excluding hydrogens is 323 g/mol. The Balaban J connectivity index is 1.72. The van der Waals surface area contributed by atoms with Crippen LogP contribution in [0.2, 0.25) is 0 Å². The minimum Gasteiger partial charge on any atom is -0.458 e. The third kappa shape index (κ3) is 4.06. The molecule has 1 unspecified atom stereocenters. The summed E-state index contributed by atoms with van der Waals surface area (Å²) in [6.07, 6.45) is -1.22. The molecule has 0 spiro atoms. The lowest BCUT2D eigenvalue weighted by molar-refractivity contribution is -0.123. The van der Waals surface area contributed by atoms with Gasteiger partial charge in [-0.2, -0.15) is 0 Å². The van der Waals surface area contributed by atoms with Gasteiger partial charge in [-0.15, -0.1) is 0 Å². The Kier molecular flexibility index (Phi) is 4.83. The number of hydrazine groups is 1. The maximum atomic E-state index is 13.1. The van der Waals surface area contributed by atoms with Gasteiger partial charge in [-0.25, -0.2) is 14.4 Å². The Bertz CT molecular complexity index is 793. The van der Waals surface area contributed by atoms with Crippen LogP contribution >= 0.6 is 0 Å². The number of guanidine groups is 1. The highest BCUT2D eigenvalue weighted by molar-refractivity contribution is 5.88. The molecule has 1 atom stereocenters. The number of nitrogens with zero attached hydrogens (tertiary/aromatic N) is 2. The molecule has 130 valence electrons. The summed E-state index contributed by atoms with van der Waals surface area (Å²) in [4.78, 5) is 16.5. The van der Waals surface area contributed by atoms with Gasteiger partial charge in [0.1, 0.15) is 11.4 Å². The van der Waals surface area contributed by atoms with Crippen molar-refractivity contribution < 1.29 is 13.9 Å². The van der Waals surface area contributed by atoms with Gasteiger partial charge < -0.3 is 10.5 Å². The third-order valence-electron chi connectivity index (χ3n) is 3.67. The van der Waals surface area contributed by atoms with Gasteiger partial charge in [-0.1, -0.05) is 42.5 Å². The monoisotopic (exact) mass is 342 g/mol. The average Bonchev–Trinajstić information content (AvgIpc) is 2.57. The number of para-hydroxylation sites is 1. The molecule has 7 heteroatoms. The number of aliphatic imine (C=N–C) groups is 1. The van der Waals surface area contributed by atoms with Crippen LogP contribution in [-0.2, 0) is 17.8 Å². The van der Waals surface area contributed by atoms with Gasteiger partial charge in [0.25, 0.3) is 0 Å². The Morgan fingerprint density at radius 2 is 2.08 bits per heavy atom. The maximum absolute atomic E-state index is 13.1. The highest BCUT2D eigenvalue weighted by Gasteiger charge is 2.22. The number of nitrogens with one attached hydrogen (secondary N) is 1. The largest absolute Gasteiger partial charge is 0.458 e. The smallest absolute Gasteiger partial charge is 0.243 e. The number of nitrogens with two attached hydrogens (primary N) is 1. The summed E-state index contributed by atoms with van der Waals surface area (Å²) in [7, 11) is 0. The van der Waals surface area contributed by atoms with Gasteiger partial charge >= 0.3 is 0 Å². The lowest BCUT2D eigenvalue weighted by Gasteiger charge is -2.29. The summed E-state index contributed by atoms with van der Waals surface area (Å²) in [5.74, 6) is 0.250. The summed E-state index contributed by atoms with van der Waals surface area (Å²) in [5, 5.41) is 1.47. The fraction of sp³-hybridized carbons (Fsp3) is 0.222. The van der Waals surface area contributed by atoms with Crippen LogP contribution in [0.3, 0.4) is 0 Å². The molecule has 0 saturated heterocycles. The van der Waals surface area contributed by atoms with Crippen LogP contribution < -0.4 is 15.9 Å². The number of amides is 1. The van der Waals surface area contributed by atoms with Crippen molar-refractivity contribution in [1.29, 1.82) is 0 Å². The lowest BCUT2D eigenvalue weighted by atomic mass is 10.1. The highest BCUT2D eigenvalue weighted by Crippen LogP contribution is 2.35. The van der Waals surface area contributed by atoms with Crippen molar-refractivity contribution in [3.63, 3.8) is 0 Å². The molecule has 0 saturated carbocycles. The number of hydrogen-bond acceptors (Lipinski definition) is 5. The van der Waals surface area contributed by atoms with Gasteiger partial charge in [-0.3, -0.25) is 10.2 Å². The molecule has 2 aromatic carbocycles. The van der Waals surface area contributed by atoms with Crippen molar-refractivity contribution in [3.05, 3.63) is 59.7 Å². The van der Waals surface area contributed by atoms with E-state index in [4.69, 9.17) is 10.5 Å². The van der Waals surface area contributed by atoms with E-state index in [1.165, 1.54) is 11.9 Å². The molecule has 1 aliphatic rings. The molecule has 6 nitrogen and oxygen atoms in total. The molecule has 0 radical (unpaired) electrons. The number of hydrogen-bond donors (Lipinski definition) is 2. The zero-order valence-electron chi connectivity index (χ0n) is 13.8. The van der Waals surface area contributed by atoms with Crippen molar-refractivity contribution in [1.82, 2.24) is 10.4 Å². The normalized spacial score (nSPS) is 14.3. The molecule has 3 N–H and O–H groups in total. The number of carbonyl (C=O) groups is 1. The molecule has 0 aliphatic carbocycles. The van der Waals surface area contributed by atoms with E-state index >= 15 is 0 Å². The summed E-state index contributed by atoms with van der Waals surface area (Å²) in [6, 6.07) is 14.6. The van der Waals surface area contributed by atoms with E-state index in [9.17, 15) is 9.18 Å². The molecule has 25 heavy (non-hydrogen) atoms. The van der Waals surface area contributed by atoms with Crippen molar-refractivity contribution >= 4 is 17.6 Å². The summed E-state index contributed by atoms with van der Waals surface area (Å²) in [5.41, 5.74) is 10.9. The summed E-state index contributed by atoms with van der Waals surface area (Å²) in [6.45, 7) is 1.62. The Morgan fingerprint density at radius 1 is 1.32 bits per heavy atom. The fourth-order valence-corrected chi connectivity index (χ4v) is 2.59. The number of benzene rings is 2. The lowest BCUT2D eigenvalue weighted by Crippen LogP contribution is -2.50. The second kappa shape index (κ2) is 7.21. The van der Waals surface area contributed by atoms with Gasteiger partial charge in [-0.05, 0) is 11.6 Å². The summed E-state index contributed by atoms with van der Waals surface area (Å²) < 4.78 is 18.3. The Hall–Kier alpha value is -3.09. The predicted molar refractivity (Wildman–Crippen MR) is 92.8 cm³/mol. The minimum absolute atomic E-state index is 0.122. The van der Waals surface area contributed by atoms with Crippen LogP contribution in [-0.4, -0.2) is 23.2 Å². The predicted octanol–water partition coefficient (Wildman–Crippen LogP) is 2.42. The number of halogens is 1. The zero-order chi connectivity index (χ0) is 17.8. The third-order valence-corrected chi connectivity index (χ3v) is 3.67. The van der Waals surface area contributed by atoms with Crippen LogP contribution in [0.5, 0.6) is 5.75 Å². The number of fused-ring (bicyclic) bond motifs is 1. The fourth-order valence-electron chi connectivity index (χ4n) is 2.59. The van der Waals surface area contributed by atoms with Crippen molar-refractivity contribution in [3.8, 4) is 5.75 Å². The van der Waals surface area contributed by atoms with Crippen LogP contribution in [0.25, 0.3) is 0 Å². The maximum Gasteiger partial charge on any atom is 0.243 e. The molecular formula is C18H19FN4O2. The molecule has 1 heterocycles. The van der Waals surface area contributed by atoms with Crippen LogP contribution in [0.4, 0.5) is 10.1 Å². The van der Waals surface area contributed by atoms with Gasteiger partial charge in [0.15, 0.2) is 0 Å². The molecule has 1 aliphatic heterocycles. The van der Waals surface area contributed by atoms with Gasteiger partial charge in [0.05, 0.1) is 13.0 Å². The van der Waals surface area contributed by atoms with Gasteiger partial charge in [0, 0.05) is 12.5 Å². The van der Waals surface area contributed by atoms with E-state index in [0.717, 1.165) is 11.1 Å². The number of carbonyl (C=O) groups excluding carboxylic acids is 1. The van der Waals surface area contributed by atoms with Crippen LogP contribution in [0.15, 0.2) is 53.5 Å². The number of rotatable bonds is 5. The first-order valence-electron chi connectivity index (χ1n) is 7.90. The van der Waals surface area contributed by atoms with Crippen LogP contribution in [0.1, 0.15) is 18.1 Å². The van der Waals surface area contributed by atoms with E-state index in [2.05, 4.69) is 10.4 Å².